The third-order valence-corrected chi connectivity index (χ3v) is 3.13. The minimum Gasteiger partial charge on any atom is -0.362 e. The Morgan fingerprint density at radius 3 is 2.67 bits per heavy atom. The number of amides is 1. The lowest BCUT2D eigenvalue weighted by Gasteiger charge is -2.23. The van der Waals surface area contributed by atoms with Crippen molar-refractivity contribution in [2.45, 2.75) is 11.0 Å². The third-order valence-electron chi connectivity index (χ3n) is 2.39. The molecule has 0 bridgehead atoms. The number of nitrogens with one attached hydrogen (secondary N) is 1. The Morgan fingerprint density at radius 1 is 1.40 bits per heavy atom. The van der Waals surface area contributed by atoms with E-state index in [4.69, 9.17) is 4.74 Å². The lowest BCUT2D eigenvalue weighted by atomic mass is 10.1. The molecule has 0 spiro atoms. The zero-order valence-corrected chi connectivity index (χ0v) is 9.34. The summed E-state index contributed by atoms with van der Waals surface area (Å²) in [7, 11) is 0. The number of thioether (sulfide) groups is 1. The van der Waals surface area contributed by atoms with E-state index in [2.05, 4.69) is 17.4 Å². The zero-order valence-electron chi connectivity index (χ0n) is 8.53. The number of carbonyl (C=O) groups excluding carboxylic acids is 1. The van der Waals surface area contributed by atoms with Gasteiger partial charge in [-0.1, -0.05) is 12.1 Å². The highest BCUT2D eigenvalue weighted by atomic mass is 32.2. The molecule has 0 unspecified atom stereocenters. The van der Waals surface area contributed by atoms with E-state index in [1.807, 2.05) is 18.4 Å². The summed E-state index contributed by atoms with van der Waals surface area (Å²) >= 11 is 1.71. The fourth-order valence-electron chi connectivity index (χ4n) is 1.53. The van der Waals surface area contributed by atoms with Gasteiger partial charge in [-0.3, -0.25) is 4.79 Å². The van der Waals surface area contributed by atoms with E-state index in [0.29, 0.717) is 6.54 Å². The minimum absolute atomic E-state index is 0.00129. The van der Waals surface area contributed by atoms with Crippen LogP contribution >= 0.6 is 11.8 Å². The Hall–Kier alpha value is -1.00. The Kier molecular flexibility index (Phi) is 3.28. The first-order valence-electron chi connectivity index (χ1n) is 4.82. The molecule has 80 valence electrons. The molecule has 1 heterocycles. The van der Waals surface area contributed by atoms with Gasteiger partial charge in [-0.05, 0) is 24.0 Å². The summed E-state index contributed by atoms with van der Waals surface area (Å²) in [5.74, 6) is -0.0352. The summed E-state index contributed by atoms with van der Waals surface area (Å²) in [6.45, 7) is 0.729. The number of hydrogen-bond acceptors (Lipinski definition) is 3. The van der Waals surface area contributed by atoms with Crippen molar-refractivity contribution >= 4 is 17.7 Å². The molecule has 1 aromatic carbocycles. The maximum absolute atomic E-state index is 10.9. The highest BCUT2D eigenvalue weighted by molar-refractivity contribution is 7.98. The highest BCUT2D eigenvalue weighted by Gasteiger charge is 2.19. The van der Waals surface area contributed by atoms with Crippen LogP contribution < -0.4 is 5.32 Å². The summed E-state index contributed by atoms with van der Waals surface area (Å²) in [6, 6.07) is 8.24. The Labute approximate surface area is 93.2 Å². The van der Waals surface area contributed by atoms with Crippen LogP contribution in [0.2, 0.25) is 0 Å². The summed E-state index contributed by atoms with van der Waals surface area (Å²) < 4.78 is 5.43. The van der Waals surface area contributed by atoms with E-state index in [1.165, 1.54) is 4.90 Å². The molecule has 1 atom stereocenters. The van der Waals surface area contributed by atoms with E-state index in [0.717, 1.165) is 5.56 Å². The van der Waals surface area contributed by atoms with Crippen molar-refractivity contribution in [3.8, 4) is 0 Å². The van der Waals surface area contributed by atoms with Gasteiger partial charge in [0.05, 0.1) is 0 Å². The maximum Gasteiger partial charge on any atom is 0.246 e. The first-order valence-corrected chi connectivity index (χ1v) is 6.04. The average molecular weight is 223 g/mol. The van der Waals surface area contributed by atoms with Crippen LogP contribution in [0.3, 0.4) is 0 Å². The quantitative estimate of drug-likeness (QED) is 0.774. The zero-order chi connectivity index (χ0) is 10.7. The molecule has 15 heavy (non-hydrogen) atoms. The van der Waals surface area contributed by atoms with Gasteiger partial charge in [0.2, 0.25) is 5.91 Å². The van der Waals surface area contributed by atoms with Crippen molar-refractivity contribution in [3.63, 3.8) is 0 Å². The molecule has 1 amide bonds. The third kappa shape index (κ3) is 2.52. The smallest absolute Gasteiger partial charge is 0.246 e. The molecule has 1 aliphatic rings. The monoisotopic (exact) mass is 223 g/mol. The molecule has 1 N–H and O–H groups in total. The Morgan fingerprint density at radius 2 is 2.13 bits per heavy atom. The minimum atomic E-state index is -0.0352. The first kappa shape index (κ1) is 10.5. The summed E-state index contributed by atoms with van der Waals surface area (Å²) in [5, 5.41) is 2.79. The van der Waals surface area contributed by atoms with Crippen LogP contribution in [0.15, 0.2) is 29.2 Å². The van der Waals surface area contributed by atoms with Crippen molar-refractivity contribution in [2.24, 2.45) is 0 Å². The van der Waals surface area contributed by atoms with Gasteiger partial charge in [0, 0.05) is 11.4 Å². The van der Waals surface area contributed by atoms with Crippen molar-refractivity contribution in [2.75, 3.05) is 19.4 Å². The molecule has 2 rings (SSSR count). The molecule has 1 aliphatic heterocycles. The van der Waals surface area contributed by atoms with Gasteiger partial charge < -0.3 is 10.1 Å². The highest BCUT2D eigenvalue weighted by Crippen LogP contribution is 2.22. The van der Waals surface area contributed by atoms with E-state index in [9.17, 15) is 4.79 Å². The molecule has 0 radical (unpaired) electrons. The van der Waals surface area contributed by atoms with Gasteiger partial charge in [-0.15, -0.1) is 11.8 Å². The molecular formula is C11H13NO2S. The number of morpholine rings is 1. The average Bonchev–Trinajstić information content (AvgIpc) is 2.30. The van der Waals surface area contributed by atoms with Gasteiger partial charge >= 0.3 is 0 Å². The van der Waals surface area contributed by atoms with Crippen LogP contribution in [0, 0.1) is 0 Å². The van der Waals surface area contributed by atoms with E-state index >= 15 is 0 Å². The predicted octanol–water partition coefficient (Wildman–Crippen LogP) is 1.60. The standard InChI is InChI=1S/C11H13NO2S/c1-15-9-4-2-8(3-5-9)10-6-12-11(13)7-14-10/h2-5,10H,6-7H2,1H3,(H,12,13)/t10-/m0/s1. The molecule has 0 saturated carbocycles. The SMILES string of the molecule is CSc1ccc([C@@H]2CNC(=O)CO2)cc1. The van der Waals surface area contributed by atoms with Gasteiger partial charge in [-0.2, -0.15) is 0 Å². The number of rotatable bonds is 2. The summed E-state index contributed by atoms with van der Waals surface area (Å²) in [5.41, 5.74) is 1.12. The summed E-state index contributed by atoms with van der Waals surface area (Å²) in [4.78, 5) is 12.1. The number of benzene rings is 1. The first-order chi connectivity index (χ1) is 7.29. The number of ether oxygens (including phenoxy) is 1. The second kappa shape index (κ2) is 4.68. The second-order valence-electron chi connectivity index (χ2n) is 3.38. The fourth-order valence-corrected chi connectivity index (χ4v) is 1.93. The van der Waals surface area contributed by atoms with Crippen molar-refractivity contribution in [1.82, 2.24) is 5.32 Å². The lowest BCUT2D eigenvalue weighted by Crippen LogP contribution is -2.38. The molecule has 1 saturated heterocycles. The molecule has 4 heteroatoms. The molecule has 1 aromatic rings. The van der Waals surface area contributed by atoms with E-state index in [-0.39, 0.29) is 18.6 Å². The van der Waals surface area contributed by atoms with E-state index in [1.54, 1.807) is 11.8 Å². The molecule has 0 aromatic heterocycles. The van der Waals surface area contributed by atoms with Gasteiger partial charge in [-0.25, -0.2) is 0 Å². The molecule has 0 aliphatic carbocycles. The topological polar surface area (TPSA) is 38.3 Å². The van der Waals surface area contributed by atoms with Crippen LogP contribution in [0.5, 0.6) is 0 Å². The van der Waals surface area contributed by atoms with Crippen LogP contribution in [0.25, 0.3) is 0 Å². The lowest BCUT2D eigenvalue weighted by molar-refractivity contribution is -0.133. The van der Waals surface area contributed by atoms with Crippen LogP contribution in [-0.4, -0.2) is 25.3 Å². The molecule has 3 nitrogen and oxygen atoms in total. The largest absolute Gasteiger partial charge is 0.362 e. The Bertz CT molecular complexity index is 340. The van der Waals surface area contributed by atoms with Crippen LogP contribution in [-0.2, 0) is 9.53 Å². The fraction of sp³-hybridized carbons (Fsp3) is 0.364. The van der Waals surface area contributed by atoms with Gasteiger partial charge in [0.1, 0.15) is 12.7 Å². The van der Waals surface area contributed by atoms with Gasteiger partial charge in [0.25, 0.3) is 0 Å². The molecular weight excluding hydrogens is 210 g/mol. The second-order valence-corrected chi connectivity index (χ2v) is 4.26. The maximum atomic E-state index is 10.9. The van der Waals surface area contributed by atoms with E-state index < -0.39 is 0 Å². The normalized spacial score (nSPS) is 21.1. The Balaban J connectivity index is 2.06. The number of carbonyl (C=O) groups is 1. The van der Waals surface area contributed by atoms with Crippen LogP contribution in [0.1, 0.15) is 11.7 Å². The predicted molar refractivity (Wildman–Crippen MR) is 59.9 cm³/mol. The van der Waals surface area contributed by atoms with Gasteiger partial charge in [0.15, 0.2) is 0 Å². The van der Waals surface area contributed by atoms with Crippen molar-refractivity contribution in [3.05, 3.63) is 29.8 Å². The van der Waals surface area contributed by atoms with Crippen molar-refractivity contribution < 1.29 is 9.53 Å². The van der Waals surface area contributed by atoms with Crippen molar-refractivity contribution in [1.29, 1.82) is 0 Å². The summed E-state index contributed by atoms with van der Waals surface area (Å²) in [6.07, 6.45) is 2.05. The molecule has 1 fully saturated rings. The van der Waals surface area contributed by atoms with Crippen LogP contribution in [0.4, 0.5) is 0 Å². The number of hydrogen-bond donors (Lipinski definition) is 1.